The molecule has 4 heteroatoms. The van der Waals surface area contributed by atoms with E-state index in [1.807, 2.05) is 35.0 Å². The highest BCUT2D eigenvalue weighted by Gasteiger charge is 2.08. The Bertz CT molecular complexity index is 479. The van der Waals surface area contributed by atoms with Crippen LogP contribution in [0.1, 0.15) is 12.1 Å². The number of para-hydroxylation sites is 2. The molecule has 2 aromatic rings. The Labute approximate surface area is 101 Å². The molecule has 1 aromatic carbocycles. The number of ether oxygens (including phenoxy) is 1. The number of hydrogen-bond donors (Lipinski definition) is 1. The van der Waals surface area contributed by atoms with Crippen LogP contribution in [0.25, 0.3) is 5.69 Å². The first-order chi connectivity index (χ1) is 8.36. The van der Waals surface area contributed by atoms with Crippen LogP contribution < -0.4 is 10.5 Å². The van der Waals surface area contributed by atoms with Crippen LogP contribution in [-0.4, -0.2) is 23.4 Å². The van der Waals surface area contributed by atoms with Crippen LogP contribution in [0.15, 0.2) is 36.5 Å². The number of aromatic nitrogens is 2. The average Bonchev–Trinajstić information content (AvgIpc) is 2.84. The summed E-state index contributed by atoms with van der Waals surface area (Å²) in [4.78, 5) is 0. The molecule has 0 aliphatic rings. The zero-order valence-electron chi connectivity index (χ0n) is 9.97. The normalized spacial score (nSPS) is 10.5. The van der Waals surface area contributed by atoms with Crippen molar-refractivity contribution in [2.45, 2.75) is 12.8 Å². The maximum atomic E-state index is 5.54. The summed E-state index contributed by atoms with van der Waals surface area (Å²) in [6, 6.07) is 9.88. The highest BCUT2D eigenvalue weighted by atomic mass is 16.5. The smallest absolute Gasteiger partial charge is 0.144 e. The van der Waals surface area contributed by atoms with E-state index in [2.05, 4.69) is 5.10 Å². The van der Waals surface area contributed by atoms with Gasteiger partial charge < -0.3 is 10.5 Å². The third-order valence-electron chi connectivity index (χ3n) is 2.67. The lowest BCUT2D eigenvalue weighted by Gasteiger charge is -2.11. The van der Waals surface area contributed by atoms with Crippen LogP contribution in [0.5, 0.6) is 5.75 Å². The van der Waals surface area contributed by atoms with Crippen LogP contribution in [-0.2, 0) is 6.42 Å². The zero-order valence-corrected chi connectivity index (χ0v) is 9.97. The molecule has 0 spiro atoms. The summed E-state index contributed by atoms with van der Waals surface area (Å²) >= 11 is 0. The van der Waals surface area contributed by atoms with Gasteiger partial charge in [-0.3, -0.25) is 0 Å². The standard InChI is InChI=1S/C13H17N3O/c1-17-13-7-3-2-6-12(13)16-11(5-4-9-14)8-10-15-16/h2-3,6-8,10H,4-5,9,14H2,1H3. The summed E-state index contributed by atoms with van der Waals surface area (Å²) in [5.74, 6) is 0.824. The van der Waals surface area contributed by atoms with Crippen molar-refractivity contribution in [3.8, 4) is 11.4 Å². The summed E-state index contributed by atoms with van der Waals surface area (Å²) in [6.07, 6.45) is 3.69. The van der Waals surface area contributed by atoms with Crippen LogP contribution in [0.3, 0.4) is 0 Å². The molecule has 2 N–H and O–H groups in total. The van der Waals surface area contributed by atoms with Gasteiger partial charge in [0.25, 0.3) is 0 Å². The fraction of sp³-hybridized carbons (Fsp3) is 0.308. The van der Waals surface area contributed by atoms with Crippen molar-refractivity contribution in [1.29, 1.82) is 0 Å². The third-order valence-corrected chi connectivity index (χ3v) is 2.67. The van der Waals surface area contributed by atoms with Crippen LogP contribution in [0, 0.1) is 0 Å². The van der Waals surface area contributed by atoms with Crippen molar-refractivity contribution < 1.29 is 4.74 Å². The largest absolute Gasteiger partial charge is 0.494 e. The number of rotatable bonds is 5. The molecule has 90 valence electrons. The van der Waals surface area contributed by atoms with Gasteiger partial charge in [-0.15, -0.1) is 0 Å². The molecule has 0 amide bonds. The van der Waals surface area contributed by atoms with Crippen LogP contribution in [0.4, 0.5) is 0 Å². The van der Waals surface area contributed by atoms with Gasteiger partial charge in [-0.1, -0.05) is 12.1 Å². The van der Waals surface area contributed by atoms with Crippen molar-refractivity contribution in [2.24, 2.45) is 5.73 Å². The van der Waals surface area contributed by atoms with Gasteiger partial charge in [-0.05, 0) is 37.6 Å². The quantitative estimate of drug-likeness (QED) is 0.853. The lowest BCUT2D eigenvalue weighted by Crippen LogP contribution is -2.07. The van der Waals surface area contributed by atoms with Gasteiger partial charge in [-0.25, -0.2) is 4.68 Å². The van der Waals surface area contributed by atoms with Gasteiger partial charge in [0.05, 0.1) is 7.11 Å². The molecule has 4 nitrogen and oxygen atoms in total. The van der Waals surface area contributed by atoms with Gasteiger partial charge in [0.1, 0.15) is 11.4 Å². The Kier molecular flexibility index (Phi) is 3.77. The molecule has 0 fully saturated rings. The molecule has 0 atom stereocenters. The highest BCUT2D eigenvalue weighted by Crippen LogP contribution is 2.23. The van der Waals surface area contributed by atoms with E-state index in [1.54, 1.807) is 13.3 Å². The van der Waals surface area contributed by atoms with Crippen molar-refractivity contribution in [3.63, 3.8) is 0 Å². The number of methoxy groups -OCH3 is 1. The molecular weight excluding hydrogens is 214 g/mol. The average molecular weight is 231 g/mol. The predicted octanol–water partition coefficient (Wildman–Crippen LogP) is 1.77. The van der Waals surface area contributed by atoms with Crippen molar-refractivity contribution in [1.82, 2.24) is 9.78 Å². The number of benzene rings is 1. The molecule has 1 heterocycles. The Morgan fingerprint density at radius 2 is 2.12 bits per heavy atom. The fourth-order valence-corrected chi connectivity index (χ4v) is 1.82. The van der Waals surface area contributed by atoms with E-state index in [0.29, 0.717) is 6.54 Å². The summed E-state index contributed by atoms with van der Waals surface area (Å²) in [5, 5.41) is 4.34. The zero-order chi connectivity index (χ0) is 12.1. The topological polar surface area (TPSA) is 53.1 Å². The molecule has 2 rings (SSSR count). The van der Waals surface area contributed by atoms with Gasteiger partial charge in [0.2, 0.25) is 0 Å². The Morgan fingerprint density at radius 3 is 2.88 bits per heavy atom. The Morgan fingerprint density at radius 1 is 1.29 bits per heavy atom. The number of hydrogen-bond acceptors (Lipinski definition) is 3. The number of aryl methyl sites for hydroxylation is 1. The second-order valence-electron chi connectivity index (χ2n) is 3.80. The first-order valence-electron chi connectivity index (χ1n) is 5.73. The molecule has 0 radical (unpaired) electrons. The SMILES string of the molecule is COc1ccccc1-n1nccc1CCCN. The van der Waals surface area contributed by atoms with E-state index in [0.717, 1.165) is 30.0 Å². The summed E-state index contributed by atoms with van der Waals surface area (Å²) in [6.45, 7) is 0.692. The van der Waals surface area contributed by atoms with E-state index in [4.69, 9.17) is 10.5 Å². The minimum atomic E-state index is 0.692. The van der Waals surface area contributed by atoms with Gasteiger partial charge in [0.15, 0.2) is 0 Å². The van der Waals surface area contributed by atoms with E-state index in [1.165, 1.54) is 0 Å². The second kappa shape index (κ2) is 5.50. The molecule has 0 aliphatic carbocycles. The summed E-state index contributed by atoms with van der Waals surface area (Å²) in [5.41, 5.74) is 7.65. The minimum Gasteiger partial charge on any atom is -0.494 e. The highest BCUT2D eigenvalue weighted by molar-refractivity contribution is 5.46. The Hall–Kier alpha value is -1.81. The summed E-state index contributed by atoms with van der Waals surface area (Å²) < 4.78 is 7.25. The van der Waals surface area contributed by atoms with Gasteiger partial charge >= 0.3 is 0 Å². The van der Waals surface area contributed by atoms with Crippen LogP contribution in [0.2, 0.25) is 0 Å². The molecule has 0 saturated carbocycles. The first kappa shape index (κ1) is 11.7. The maximum absolute atomic E-state index is 5.54. The molecule has 1 aromatic heterocycles. The number of nitrogens with zero attached hydrogens (tertiary/aromatic N) is 2. The maximum Gasteiger partial charge on any atom is 0.144 e. The monoisotopic (exact) mass is 231 g/mol. The minimum absolute atomic E-state index is 0.692. The van der Waals surface area contributed by atoms with Gasteiger partial charge in [-0.2, -0.15) is 5.10 Å². The van der Waals surface area contributed by atoms with E-state index >= 15 is 0 Å². The fourth-order valence-electron chi connectivity index (χ4n) is 1.82. The lowest BCUT2D eigenvalue weighted by atomic mass is 10.2. The van der Waals surface area contributed by atoms with E-state index in [-0.39, 0.29) is 0 Å². The third kappa shape index (κ3) is 2.47. The molecular formula is C13H17N3O. The molecule has 0 bridgehead atoms. The van der Waals surface area contributed by atoms with Crippen LogP contribution >= 0.6 is 0 Å². The molecule has 0 saturated heterocycles. The molecule has 0 unspecified atom stereocenters. The molecule has 0 aliphatic heterocycles. The van der Waals surface area contributed by atoms with Crippen molar-refractivity contribution in [2.75, 3.05) is 13.7 Å². The molecule has 17 heavy (non-hydrogen) atoms. The van der Waals surface area contributed by atoms with E-state index in [9.17, 15) is 0 Å². The first-order valence-corrected chi connectivity index (χ1v) is 5.73. The predicted molar refractivity (Wildman–Crippen MR) is 67.5 cm³/mol. The Balaban J connectivity index is 2.35. The summed E-state index contributed by atoms with van der Waals surface area (Å²) in [7, 11) is 1.67. The van der Waals surface area contributed by atoms with Crippen molar-refractivity contribution >= 4 is 0 Å². The van der Waals surface area contributed by atoms with Gasteiger partial charge in [0, 0.05) is 11.9 Å². The van der Waals surface area contributed by atoms with E-state index < -0.39 is 0 Å². The lowest BCUT2D eigenvalue weighted by molar-refractivity contribution is 0.411. The van der Waals surface area contributed by atoms with Crippen molar-refractivity contribution in [3.05, 3.63) is 42.2 Å². The number of nitrogens with two attached hydrogens (primary N) is 1. The second-order valence-corrected chi connectivity index (χ2v) is 3.80.